The fraction of sp³-hybridized carbons (Fsp3) is 0.417. The molecule has 1 aliphatic rings. The van der Waals surface area contributed by atoms with Gasteiger partial charge in [0.15, 0.2) is 0 Å². The molecule has 166 valence electrons. The number of amides is 2. The Kier molecular flexibility index (Phi) is 7.39. The second kappa shape index (κ2) is 10.2. The summed E-state index contributed by atoms with van der Waals surface area (Å²) in [6, 6.07) is 10.7. The lowest BCUT2D eigenvalue weighted by Gasteiger charge is -2.23. The van der Waals surface area contributed by atoms with Crippen molar-refractivity contribution in [3.05, 3.63) is 47.5 Å². The predicted octanol–water partition coefficient (Wildman–Crippen LogP) is 4.08. The lowest BCUT2D eigenvalue weighted by atomic mass is 10.1. The maximum atomic E-state index is 13.0. The van der Waals surface area contributed by atoms with Crippen molar-refractivity contribution in [1.29, 1.82) is 0 Å². The molecule has 1 atom stereocenters. The van der Waals surface area contributed by atoms with Gasteiger partial charge in [-0.3, -0.25) is 9.59 Å². The van der Waals surface area contributed by atoms with Crippen LogP contribution in [0.4, 0.5) is 11.4 Å². The standard InChI is InChI=1S/C24H31N3O4/c1-5-16(2)25-23(28)18-15-17(11-12-19(18)27-13-6-7-14-27)26-24(29)22-20(30-3)9-8-10-21(22)31-4/h8-12,15-16H,5-7,13-14H2,1-4H3,(H,25,28)(H,26,29)/t16-/m1/s1. The normalized spacial score (nSPS) is 14.1. The van der Waals surface area contributed by atoms with Crippen molar-refractivity contribution in [2.24, 2.45) is 0 Å². The van der Waals surface area contributed by atoms with E-state index in [0.29, 0.717) is 28.3 Å². The zero-order chi connectivity index (χ0) is 22.4. The van der Waals surface area contributed by atoms with Crippen LogP contribution >= 0.6 is 0 Å². The molecule has 31 heavy (non-hydrogen) atoms. The number of nitrogens with zero attached hydrogens (tertiary/aromatic N) is 1. The Bertz CT molecular complexity index is 916. The third-order valence-electron chi connectivity index (χ3n) is 5.59. The molecule has 1 saturated heterocycles. The van der Waals surface area contributed by atoms with E-state index in [-0.39, 0.29) is 17.9 Å². The van der Waals surface area contributed by atoms with E-state index in [1.165, 1.54) is 14.2 Å². The fourth-order valence-corrected chi connectivity index (χ4v) is 3.70. The fourth-order valence-electron chi connectivity index (χ4n) is 3.70. The molecule has 0 bridgehead atoms. The number of anilines is 2. The number of carbonyl (C=O) groups excluding carboxylic acids is 2. The van der Waals surface area contributed by atoms with Crippen molar-refractivity contribution in [3.63, 3.8) is 0 Å². The minimum atomic E-state index is -0.364. The highest BCUT2D eigenvalue weighted by Gasteiger charge is 2.23. The van der Waals surface area contributed by atoms with E-state index in [9.17, 15) is 9.59 Å². The Morgan fingerprint density at radius 3 is 2.26 bits per heavy atom. The van der Waals surface area contributed by atoms with Crippen molar-refractivity contribution in [1.82, 2.24) is 5.32 Å². The Labute approximate surface area is 183 Å². The maximum absolute atomic E-state index is 13.0. The van der Waals surface area contributed by atoms with E-state index in [4.69, 9.17) is 9.47 Å². The average molecular weight is 426 g/mol. The van der Waals surface area contributed by atoms with Crippen LogP contribution in [0, 0.1) is 0 Å². The number of hydrogen-bond donors (Lipinski definition) is 2. The summed E-state index contributed by atoms with van der Waals surface area (Å²) in [6.07, 6.45) is 3.06. The van der Waals surface area contributed by atoms with Crippen LogP contribution in [0.25, 0.3) is 0 Å². The number of hydrogen-bond acceptors (Lipinski definition) is 5. The first kappa shape index (κ1) is 22.5. The van der Waals surface area contributed by atoms with Gasteiger partial charge >= 0.3 is 0 Å². The number of methoxy groups -OCH3 is 2. The SMILES string of the molecule is CC[C@@H](C)NC(=O)c1cc(NC(=O)c2c(OC)cccc2OC)ccc1N1CCCC1. The molecule has 7 nitrogen and oxygen atoms in total. The zero-order valence-electron chi connectivity index (χ0n) is 18.7. The topological polar surface area (TPSA) is 79.9 Å². The zero-order valence-corrected chi connectivity index (χ0v) is 18.7. The second-order valence-electron chi connectivity index (χ2n) is 7.70. The first-order chi connectivity index (χ1) is 15.0. The van der Waals surface area contributed by atoms with Gasteiger partial charge < -0.3 is 25.0 Å². The first-order valence-corrected chi connectivity index (χ1v) is 10.7. The highest BCUT2D eigenvalue weighted by molar-refractivity contribution is 6.09. The van der Waals surface area contributed by atoms with Crippen LogP contribution in [0.1, 0.15) is 53.8 Å². The summed E-state index contributed by atoms with van der Waals surface area (Å²) in [5, 5.41) is 5.93. The first-order valence-electron chi connectivity index (χ1n) is 10.7. The van der Waals surface area contributed by atoms with Gasteiger partial charge in [-0.2, -0.15) is 0 Å². The molecule has 0 spiro atoms. The van der Waals surface area contributed by atoms with E-state index >= 15 is 0 Å². The highest BCUT2D eigenvalue weighted by Crippen LogP contribution is 2.31. The molecule has 0 unspecified atom stereocenters. The summed E-state index contributed by atoms with van der Waals surface area (Å²) < 4.78 is 10.7. The van der Waals surface area contributed by atoms with Crippen LogP contribution in [0.5, 0.6) is 11.5 Å². The summed E-state index contributed by atoms with van der Waals surface area (Å²) in [4.78, 5) is 28.3. The lowest BCUT2D eigenvalue weighted by Crippen LogP contribution is -2.33. The molecule has 0 aliphatic carbocycles. The van der Waals surface area contributed by atoms with Crippen LogP contribution in [0.15, 0.2) is 36.4 Å². The number of rotatable bonds is 8. The molecule has 0 aromatic heterocycles. The molecule has 0 radical (unpaired) electrons. The van der Waals surface area contributed by atoms with Crippen molar-refractivity contribution in [3.8, 4) is 11.5 Å². The predicted molar refractivity (Wildman–Crippen MR) is 123 cm³/mol. The molecule has 3 rings (SSSR count). The summed E-state index contributed by atoms with van der Waals surface area (Å²) in [6.45, 7) is 5.86. The third kappa shape index (κ3) is 5.10. The Morgan fingerprint density at radius 2 is 1.68 bits per heavy atom. The van der Waals surface area contributed by atoms with Crippen LogP contribution in [0.3, 0.4) is 0 Å². The smallest absolute Gasteiger partial charge is 0.263 e. The molecule has 1 fully saturated rings. The number of benzene rings is 2. The molecule has 2 aromatic rings. The Balaban J connectivity index is 1.93. The van der Waals surface area contributed by atoms with Crippen LogP contribution in [-0.4, -0.2) is 45.2 Å². The lowest BCUT2D eigenvalue weighted by molar-refractivity contribution is 0.0938. The largest absolute Gasteiger partial charge is 0.496 e. The van der Waals surface area contributed by atoms with Gasteiger partial charge in [0, 0.05) is 30.5 Å². The molecular weight excluding hydrogens is 394 g/mol. The Hall–Kier alpha value is -3.22. The van der Waals surface area contributed by atoms with Gasteiger partial charge in [0.25, 0.3) is 11.8 Å². The van der Waals surface area contributed by atoms with Crippen LogP contribution in [0.2, 0.25) is 0 Å². The molecule has 1 aliphatic heterocycles. The van der Waals surface area contributed by atoms with Crippen molar-refractivity contribution in [2.45, 2.75) is 39.2 Å². The van der Waals surface area contributed by atoms with Crippen molar-refractivity contribution < 1.29 is 19.1 Å². The van der Waals surface area contributed by atoms with Gasteiger partial charge in [-0.25, -0.2) is 0 Å². The van der Waals surface area contributed by atoms with E-state index in [1.54, 1.807) is 24.3 Å². The van der Waals surface area contributed by atoms with E-state index in [1.807, 2.05) is 26.0 Å². The monoisotopic (exact) mass is 425 g/mol. The third-order valence-corrected chi connectivity index (χ3v) is 5.59. The van der Waals surface area contributed by atoms with Crippen LogP contribution < -0.4 is 25.0 Å². The molecule has 2 amide bonds. The molecule has 2 N–H and O–H groups in total. The van der Waals surface area contributed by atoms with E-state index in [0.717, 1.165) is 38.0 Å². The minimum Gasteiger partial charge on any atom is -0.496 e. The van der Waals surface area contributed by atoms with Gasteiger partial charge in [-0.05, 0) is 56.5 Å². The molecule has 1 heterocycles. The molecular formula is C24H31N3O4. The van der Waals surface area contributed by atoms with Crippen molar-refractivity contribution in [2.75, 3.05) is 37.5 Å². The average Bonchev–Trinajstić information content (AvgIpc) is 3.32. The quantitative estimate of drug-likeness (QED) is 0.666. The maximum Gasteiger partial charge on any atom is 0.263 e. The summed E-state index contributed by atoms with van der Waals surface area (Å²) in [7, 11) is 3.02. The number of ether oxygens (including phenoxy) is 2. The number of nitrogens with one attached hydrogen (secondary N) is 2. The molecule has 2 aromatic carbocycles. The van der Waals surface area contributed by atoms with Gasteiger partial charge in [0.2, 0.25) is 0 Å². The highest BCUT2D eigenvalue weighted by atomic mass is 16.5. The van der Waals surface area contributed by atoms with Gasteiger partial charge in [0.1, 0.15) is 17.1 Å². The van der Waals surface area contributed by atoms with Gasteiger partial charge in [0.05, 0.1) is 19.8 Å². The van der Waals surface area contributed by atoms with Crippen LogP contribution in [-0.2, 0) is 0 Å². The minimum absolute atomic E-state index is 0.0648. The molecule has 7 heteroatoms. The summed E-state index contributed by atoms with van der Waals surface area (Å²) >= 11 is 0. The van der Waals surface area contributed by atoms with Gasteiger partial charge in [-0.15, -0.1) is 0 Å². The summed E-state index contributed by atoms with van der Waals surface area (Å²) in [5.74, 6) is 0.333. The van der Waals surface area contributed by atoms with E-state index < -0.39 is 0 Å². The Morgan fingerprint density at radius 1 is 1.03 bits per heavy atom. The van der Waals surface area contributed by atoms with Gasteiger partial charge in [-0.1, -0.05) is 13.0 Å². The second-order valence-corrected chi connectivity index (χ2v) is 7.70. The van der Waals surface area contributed by atoms with Crippen molar-refractivity contribution >= 4 is 23.2 Å². The number of carbonyl (C=O) groups is 2. The summed E-state index contributed by atoms with van der Waals surface area (Å²) in [5.41, 5.74) is 2.30. The van der Waals surface area contributed by atoms with E-state index in [2.05, 4.69) is 15.5 Å². The molecule has 0 saturated carbocycles.